The standard InChI is InChI=1S/C10H10N6O2/c1-6(13-15-11)4-7-2-3-8-9(5-7)18-10(17-8)14-16-12/h2-3,5-6,10H,4H2,1H3/t6?,10-/m1/s1. The maximum Gasteiger partial charge on any atom is 0.322 e. The van der Waals surface area contributed by atoms with E-state index in [0.29, 0.717) is 17.9 Å². The van der Waals surface area contributed by atoms with Crippen LogP contribution in [0.1, 0.15) is 12.5 Å². The van der Waals surface area contributed by atoms with Gasteiger partial charge in [0.25, 0.3) is 0 Å². The van der Waals surface area contributed by atoms with E-state index in [9.17, 15) is 0 Å². The van der Waals surface area contributed by atoms with Crippen molar-refractivity contribution in [1.82, 2.24) is 0 Å². The molecule has 0 aliphatic carbocycles. The largest absolute Gasteiger partial charge is 0.445 e. The van der Waals surface area contributed by atoms with Crippen molar-refractivity contribution < 1.29 is 9.47 Å². The molecule has 0 radical (unpaired) electrons. The van der Waals surface area contributed by atoms with Crippen LogP contribution in [0.4, 0.5) is 0 Å². The Balaban J connectivity index is 2.13. The molecule has 0 spiro atoms. The molecule has 0 saturated carbocycles. The summed E-state index contributed by atoms with van der Waals surface area (Å²) in [5.74, 6) is 1.06. The molecule has 1 aromatic carbocycles. The van der Waals surface area contributed by atoms with E-state index in [1.165, 1.54) is 0 Å². The number of hydrogen-bond acceptors (Lipinski definition) is 4. The number of ether oxygens (including phenoxy) is 2. The van der Waals surface area contributed by atoms with Gasteiger partial charge in [0.05, 0.1) is 0 Å². The second-order valence-corrected chi connectivity index (χ2v) is 3.79. The zero-order valence-electron chi connectivity index (χ0n) is 9.59. The summed E-state index contributed by atoms with van der Waals surface area (Å²) in [7, 11) is 0. The van der Waals surface area contributed by atoms with Gasteiger partial charge in [-0.05, 0) is 40.3 Å². The van der Waals surface area contributed by atoms with Crippen LogP contribution in [-0.4, -0.2) is 12.5 Å². The van der Waals surface area contributed by atoms with Crippen molar-refractivity contribution >= 4 is 0 Å². The fraction of sp³-hybridized carbons (Fsp3) is 0.400. The minimum atomic E-state index is -0.949. The van der Waals surface area contributed by atoms with E-state index in [0.717, 1.165) is 5.56 Å². The van der Waals surface area contributed by atoms with Crippen LogP contribution in [0.15, 0.2) is 28.4 Å². The van der Waals surface area contributed by atoms with Crippen molar-refractivity contribution in [3.8, 4) is 11.5 Å². The summed E-state index contributed by atoms with van der Waals surface area (Å²) in [5.41, 5.74) is 17.6. The molecular weight excluding hydrogens is 236 g/mol. The SMILES string of the molecule is CC(Cc1ccc2c(c1)O[C@H](N=[N+]=[N-])O2)N=[N+]=[N-]. The average Bonchev–Trinajstić information content (AvgIpc) is 2.71. The smallest absolute Gasteiger partial charge is 0.322 e. The Morgan fingerprint density at radius 1 is 1.28 bits per heavy atom. The lowest BCUT2D eigenvalue weighted by Gasteiger charge is -2.05. The zero-order chi connectivity index (χ0) is 13.0. The van der Waals surface area contributed by atoms with Crippen molar-refractivity contribution in [3.05, 3.63) is 44.6 Å². The Bertz CT molecular complexity index is 547. The molecule has 0 bridgehead atoms. The summed E-state index contributed by atoms with van der Waals surface area (Å²) >= 11 is 0. The number of hydrogen-bond donors (Lipinski definition) is 0. The zero-order valence-corrected chi connectivity index (χ0v) is 9.59. The molecule has 8 nitrogen and oxygen atoms in total. The van der Waals surface area contributed by atoms with Crippen molar-refractivity contribution in [3.63, 3.8) is 0 Å². The Hall–Kier alpha value is -2.56. The quantitative estimate of drug-likeness (QED) is 0.460. The number of fused-ring (bicyclic) bond motifs is 1. The molecule has 18 heavy (non-hydrogen) atoms. The first-order chi connectivity index (χ1) is 8.72. The van der Waals surface area contributed by atoms with E-state index in [-0.39, 0.29) is 6.04 Å². The fourth-order valence-corrected chi connectivity index (χ4v) is 1.67. The summed E-state index contributed by atoms with van der Waals surface area (Å²) in [6.45, 7) is 1.83. The third-order valence-corrected chi connectivity index (χ3v) is 2.39. The first kappa shape index (κ1) is 11.9. The van der Waals surface area contributed by atoms with Crippen LogP contribution in [0.5, 0.6) is 11.5 Å². The number of benzene rings is 1. The van der Waals surface area contributed by atoms with E-state index in [1.807, 2.05) is 13.0 Å². The maximum atomic E-state index is 8.33. The number of nitrogens with zero attached hydrogens (tertiary/aromatic N) is 6. The van der Waals surface area contributed by atoms with Gasteiger partial charge in [0, 0.05) is 15.9 Å². The molecule has 1 aliphatic heterocycles. The Morgan fingerprint density at radius 2 is 2.06 bits per heavy atom. The number of azide groups is 2. The van der Waals surface area contributed by atoms with Crippen LogP contribution in [0.2, 0.25) is 0 Å². The lowest BCUT2D eigenvalue weighted by molar-refractivity contribution is 0.0565. The molecular formula is C10H10N6O2. The molecule has 1 aliphatic rings. The minimum absolute atomic E-state index is 0.136. The van der Waals surface area contributed by atoms with Crippen molar-refractivity contribution in [1.29, 1.82) is 0 Å². The van der Waals surface area contributed by atoms with Gasteiger partial charge in [0.15, 0.2) is 11.5 Å². The van der Waals surface area contributed by atoms with Crippen LogP contribution < -0.4 is 9.47 Å². The van der Waals surface area contributed by atoms with Gasteiger partial charge in [-0.3, -0.25) is 0 Å². The second-order valence-electron chi connectivity index (χ2n) is 3.79. The van der Waals surface area contributed by atoms with Crippen LogP contribution in [0, 0.1) is 0 Å². The Kier molecular flexibility index (Phi) is 3.43. The molecule has 1 unspecified atom stereocenters. The van der Waals surface area contributed by atoms with E-state index in [1.54, 1.807) is 12.1 Å². The second kappa shape index (κ2) is 5.18. The molecule has 2 atom stereocenters. The molecule has 0 amide bonds. The minimum Gasteiger partial charge on any atom is -0.445 e. The lowest BCUT2D eigenvalue weighted by atomic mass is 10.1. The third kappa shape index (κ3) is 2.57. The molecule has 0 aromatic heterocycles. The lowest BCUT2D eigenvalue weighted by Crippen LogP contribution is -2.12. The monoisotopic (exact) mass is 246 g/mol. The summed E-state index contributed by atoms with van der Waals surface area (Å²) in [4.78, 5) is 5.37. The highest BCUT2D eigenvalue weighted by Gasteiger charge is 2.23. The van der Waals surface area contributed by atoms with E-state index >= 15 is 0 Å². The predicted molar refractivity (Wildman–Crippen MR) is 62.9 cm³/mol. The molecule has 1 heterocycles. The fourth-order valence-electron chi connectivity index (χ4n) is 1.67. The van der Waals surface area contributed by atoms with E-state index in [4.69, 9.17) is 20.5 Å². The predicted octanol–water partition coefficient (Wildman–Crippen LogP) is 3.29. The molecule has 2 rings (SSSR count). The van der Waals surface area contributed by atoms with E-state index < -0.39 is 6.41 Å². The summed E-state index contributed by atoms with van der Waals surface area (Å²) in [5, 5.41) is 6.93. The van der Waals surface area contributed by atoms with Gasteiger partial charge in [-0.25, -0.2) is 0 Å². The summed E-state index contributed by atoms with van der Waals surface area (Å²) in [6.07, 6.45) is -0.345. The highest BCUT2D eigenvalue weighted by molar-refractivity contribution is 5.45. The molecule has 1 aromatic rings. The Labute approximate surface area is 102 Å². The van der Waals surface area contributed by atoms with Crippen LogP contribution in [0.25, 0.3) is 20.9 Å². The van der Waals surface area contributed by atoms with Gasteiger partial charge >= 0.3 is 6.41 Å². The molecule has 92 valence electrons. The Morgan fingerprint density at radius 3 is 2.78 bits per heavy atom. The highest BCUT2D eigenvalue weighted by Crippen LogP contribution is 2.36. The molecule has 0 saturated heterocycles. The van der Waals surface area contributed by atoms with Gasteiger partial charge in [-0.1, -0.05) is 18.1 Å². The van der Waals surface area contributed by atoms with Crippen LogP contribution >= 0.6 is 0 Å². The normalized spacial score (nSPS) is 17.5. The number of rotatable bonds is 4. The molecule has 8 heteroatoms. The van der Waals surface area contributed by atoms with Gasteiger partial charge in [-0.15, -0.1) is 0 Å². The summed E-state index contributed by atoms with van der Waals surface area (Å²) < 4.78 is 10.5. The summed E-state index contributed by atoms with van der Waals surface area (Å²) in [6, 6.07) is 5.24. The topological polar surface area (TPSA) is 116 Å². The highest BCUT2D eigenvalue weighted by atomic mass is 16.7. The first-order valence-corrected chi connectivity index (χ1v) is 5.27. The van der Waals surface area contributed by atoms with Crippen molar-refractivity contribution in [2.75, 3.05) is 0 Å². The average molecular weight is 246 g/mol. The third-order valence-electron chi connectivity index (χ3n) is 2.39. The van der Waals surface area contributed by atoms with E-state index in [2.05, 4.69) is 20.1 Å². The molecule has 0 fully saturated rings. The van der Waals surface area contributed by atoms with Crippen LogP contribution in [-0.2, 0) is 6.42 Å². The van der Waals surface area contributed by atoms with Crippen molar-refractivity contribution in [2.24, 2.45) is 10.2 Å². The van der Waals surface area contributed by atoms with Gasteiger partial charge < -0.3 is 9.47 Å². The first-order valence-electron chi connectivity index (χ1n) is 5.27. The molecule has 0 N–H and O–H groups in total. The van der Waals surface area contributed by atoms with Gasteiger partial charge in [0.1, 0.15) is 0 Å². The van der Waals surface area contributed by atoms with Crippen LogP contribution in [0.3, 0.4) is 0 Å². The van der Waals surface area contributed by atoms with Gasteiger partial charge in [-0.2, -0.15) is 0 Å². The van der Waals surface area contributed by atoms with Crippen molar-refractivity contribution in [2.45, 2.75) is 25.8 Å². The van der Waals surface area contributed by atoms with Gasteiger partial charge in [0.2, 0.25) is 0 Å². The maximum absolute atomic E-state index is 8.33.